The van der Waals surface area contributed by atoms with Gasteiger partial charge in [-0.05, 0) is 87.0 Å². The number of ether oxygens (including phenoxy) is 1. The van der Waals surface area contributed by atoms with E-state index in [-0.39, 0.29) is 17.4 Å². The molecule has 5 fully saturated rings. The number of hydrogen-bond donors (Lipinski definition) is 1. The van der Waals surface area contributed by atoms with Crippen LogP contribution in [0.15, 0.2) is 47.0 Å². The third-order valence-corrected chi connectivity index (χ3v) is 11.3. The van der Waals surface area contributed by atoms with E-state index in [1.165, 1.54) is 0 Å². The summed E-state index contributed by atoms with van der Waals surface area (Å²) in [5, 5.41) is 18.7. The molecule has 0 amide bonds. The van der Waals surface area contributed by atoms with E-state index < -0.39 is 5.60 Å². The molecule has 2 aromatic heterocycles. The van der Waals surface area contributed by atoms with E-state index >= 15 is 0 Å². The van der Waals surface area contributed by atoms with Crippen molar-refractivity contribution in [1.82, 2.24) is 10.1 Å². The highest BCUT2D eigenvalue weighted by molar-refractivity contribution is 7.18. The third kappa shape index (κ3) is 3.57. The molecule has 5 aliphatic carbocycles. The number of rotatable bonds is 6. The second-order valence-electron chi connectivity index (χ2n) is 11.9. The van der Waals surface area contributed by atoms with Gasteiger partial charge < -0.3 is 14.4 Å². The second kappa shape index (κ2) is 8.52. The molecule has 1 N–H and O–H groups in total. The molecule has 0 spiro atoms. The van der Waals surface area contributed by atoms with Gasteiger partial charge in [-0.15, -0.1) is 11.3 Å². The number of aromatic nitrogens is 2. The summed E-state index contributed by atoms with van der Waals surface area (Å²) < 4.78 is 13.9. The van der Waals surface area contributed by atoms with Crippen LogP contribution < -0.4 is 0 Å². The Bertz CT molecular complexity index is 1490. The smallest absolute Gasteiger partial charge is 0.145 e. The first kappa shape index (κ1) is 23.9. The van der Waals surface area contributed by atoms with Crippen molar-refractivity contribution in [1.29, 1.82) is 0 Å². The molecule has 196 valence electrons. The molecular weight excluding hydrogens is 539 g/mol. The van der Waals surface area contributed by atoms with Crippen LogP contribution in [0.4, 0.5) is 0 Å². The van der Waals surface area contributed by atoms with E-state index in [0.717, 1.165) is 71.5 Å². The molecule has 0 radical (unpaired) electrons. The fourth-order valence-corrected chi connectivity index (χ4v) is 9.55. The maximum absolute atomic E-state index is 12.2. The van der Waals surface area contributed by atoms with Crippen molar-refractivity contribution < 1.29 is 14.4 Å². The number of para-hydroxylation sites is 1. The van der Waals surface area contributed by atoms with Gasteiger partial charge in [0.25, 0.3) is 0 Å². The quantitative estimate of drug-likeness (QED) is 0.255. The normalized spacial score (nSPS) is 31.9. The Morgan fingerprint density at radius 3 is 2.45 bits per heavy atom. The molecule has 9 rings (SSSR count). The standard InChI is InChI=1S/C30H28Cl2N2O3S/c31-21-4-3-5-22(32)25(21)26-20(27(37-34-26)17-8-9-17)15-36-29-12-16-10-18(13-29)30(35,19(11-16)14-29)28-33-23-6-1-2-7-24(23)38-28/h1-7,16-19,35H,8-15H2/t16?,18-,19?,29+,30+/m0/s1. The van der Waals surface area contributed by atoms with Gasteiger partial charge in [0.15, 0.2) is 0 Å². The summed E-state index contributed by atoms with van der Waals surface area (Å²) in [6.07, 6.45) is 7.01. The van der Waals surface area contributed by atoms with Gasteiger partial charge >= 0.3 is 0 Å². The van der Waals surface area contributed by atoms with Crippen molar-refractivity contribution in [3.8, 4) is 11.3 Å². The molecule has 2 heterocycles. The number of halogens is 2. The van der Waals surface area contributed by atoms with Crippen LogP contribution in [0.5, 0.6) is 0 Å². The summed E-state index contributed by atoms with van der Waals surface area (Å²) in [6.45, 7) is 0.415. The number of nitrogens with zero attached hydrogens (tertiary/aromatic N) is 2. The monoisotopic (exact) mass is 566 g/mol. The van der Waals surface area contributed by atoms with Crippen molar-refractivity contribution in [2.24, 2.45) is 17.8 Å². The number of benzene rings is 2. The molecular formula is C30H28Cl2N2O3S. The Balaban J connectivity index is 1.11. The number of aliphatic hydroxyl groups is 1. The van der Waals surface area contributed by atoms with Gasteiger partial charge in [-0.3, -0.25) is 0 Å². The van der Waals surface area contributed by atoms with E-state index in [1.54, 1.807) is 11.3 Å². The Labute approximate surface area is 235 Å². The van der Waals surface area contributed by atoms with Crippen molar-refractivity contribution >= 4 is 44.8 Å². The van der Waals surface area contributed by atoms with Crippen LogP contribution >= 0.6 is 34.5 Å². The first-order valence-corrected chi connectivity index (χ1v) is 15.2. The van der Waals surface area contributed by atoms with Gasteiger partial charge in [0.1, 0.15) is 22.1 Å². The lowest BCUT2D eigenvalue weighted by molar-refractivity contribution is -0.250. The van der Waals surface area contributed by atoms with E-state index in [9.17, 15) is 5.11 Å². The maximum Gasteiger partial charge on any atom is 0.145 e. The molecule has 0 aliphatic heterocycles. The van der Waals surface area contributed by atoms with E-state index in [4.69, 9.17) is 37.4 Å². The van der Waals surface area contributed by atoms with E-state index in [0.29, 0.717) is 39.7 Å². The zero-order chi connectivity index (χ0) is 25.6. The first-order valence-electron chi connectivity index (χ1n) is 13.6. The predicted octanol–water partition coefficient (Wildman–Crippen LogP) is 8.12. The molecule has 5 nitrogen and oxygen atoms in total. The Kier molecular flexibility index (Phi) is 5.35. The molecule has 2 unspecified atom stereocenters. The van der Waals surface area contributed by atoms with E-state index in [2.05, 4.69) is 11.2 Å². The maximum atomic E-state index is 12.2. The van der Waals surface area contributed by atoms with Crippen molar-refractivity contribution in [2.75, 3.05) is 0 Å². The molecule has 0 saturated heterocycles. The van der Waals surface area contributed by atoms with Crippen molar-refractivity contribution in [3.63, 3.8) is 0 Å². The minimum atomic E-state index is -0.875. The highest BCUT2D eigenvalue weighted by Crippen LogP contribution is 2.65. The molecule has 2 aromatic carbocycles. The van der Waals surface area contributed by atoms with Crippen LogP contribution in [0.25, 0.3) is 21.5 Å². The summed E-state index contributed by atoms with van der Waals surface area (Å²) in [5.41, 5.74) is 2.23. The van der Waals surface area contributed by atoms with Gasteiger partial charge in [-0.25, -0.2) is 4.98 Å². The van der Waals surface area contributed by atoms with Crippen LogP contribution in [0, 0.1) is 17.8 Å². The lowest BCUT2D eigenvalue weighted by atomic mass is 9.48. The van der Waals surface area contributed by atoms with Gasteiger partial charge in [-0.2, -0.15) is 0 Å². The van der Waals surface area contributed by atoms with Gasteiger partial charge in [-0.1, -0.05) is 46.6 Å². The van der Waals surface area contributed by atoms with Crippen molar-refractivity contribution in [2.45, 2.75) is 68.7 Å². The summed E-state index contributed by atoms with van der Waals surface area (Å²) in [6, 6.07) is 13.7. The zero-order valence-corrected chi connectivity index (χ0v) is 23.2. The van der Waals surface area contributed by atoms with Gasteiger partial charge in [0, 0.05) is 17.0 Å². The van der Waals surface area contributed by atoms with Crippen LogP contribution in [-0.4, -0.2) is 20.8 Å². The molecule has 5 saturated carbocycles. The summed E-state index contributed by atoms with van der Waals surface area (Å²) in [4.78, 5) is 4.92. The first-order chi connectivity index (χ1) is 18.4. The largest absolute Gasteiger partial charge is 0.382 e. The predicted molar refractivity (Wildman–Crippen MR) is 149 cm³/mol. The number of fused-ring (bicyclic) bond motifs is 1. The summed E-state index contributed by atoms with van der Waals surface area (Å²) >= 11 is 14.8. The van der Waals surface area contributed by atoms with Gasteiger partial charge in [0.05, 0.1) is 32.5 Å². The fraction of sp³-hybridized carbons (Fsp3) is 0.467. The molecule has 38 heavy (non-hydrogen) atoms. The van der Waals surface area contributed by atoms with Crippen molar-refractivity contribution in [3.05, 3.63) is 68.8 Å². The lowest BCUT2D eigenvalue weighted by Crippen LogP contribution is -2.62. The Morgan fingerprint density at radius 1 is 1.00 bits per heavy atom. The lowest BCUT2D eigenvalue weighted by Gasteiger charge is -2.62. The highest BCUT2D eigenvalue weighted by Gasteiger charge is 2.64. The van der Waals surface area contributed by atoms with Crippen LogP contribution in [0.2, 0.25) is 10.0 Å². The van der Waals surface area contributed by atoms with Gasteiger partial charge in [0.2, 0.25) is 0 Å². The molecule has 5 aliphatic rings. The molecule has 8 heteroatoms. The van der Waals surface area contributed by atoms with E-state index in [1.807, 2.05) is 36.4 Å². The molecule has 4 aromatic rings. The average molecular weight is 568 g/mol. The molecule has 4 bridgehead atoms. The average Bonchev–Trinajstić information content (AvgIpc) is 3.50. The summed E-state index contributed by atoms with van der Waals surface area (Å²) in [7, 11) is 0. The third-order valence-electron chi connectivity index (χ3n) is 9.50. The minimum absolute atomic E-state index is 0.150. The fourth-order valence-electron chi connectivity index (χ4n) is 7.76. The summed E-state index contributed by atoms with van der Waals surface area (Å²) in [5.74, 6) is 2.17. The second-order valence-corrected chi connectivity index (χ2v) is 13.7. The topological polar surface area (TPSA) is 68.4 Å². The zero-order valence-electron chi connectivity index (χ0n) is 20.8. The molecule has 5 atom stereocenters. The van der Waals surface area contributed by atoms with Crippen LogP contribution in [-0.2, 0) is 16.9 Å². The Hall–Kier alpha value is -1.96. The highest BCUT2D eigenvalue weighted by atomic mass is 35.5. The number of hydrogen-bond acceptors (Lipinski definition) is 6. The minimum Gasteiger partial charge on any atom is -0.382 e. The Morgan fingerprint density at radius 2 is 1.74 bits per heavy atom. The SMILES string of the molecule is O[C@@]1(c2nc3ccccc3s2)C2CC3C[C@H]1C[C@](OCc1c(-c4c(Cl)cccc4Cl)noc1C1CC1)(C3)C2. The van der Waals surface area contributed by atoms with Crippen LogP contribution in [0.1, 0.15) is 67.2 Å². The van der Waals surface area contributed by atoms with Crippen LogP contribution in [0.3, 0.4) is 0 Å². The number of thiazole rings is 1.